The van der Waals surface area contributed by atoms with Gasteiger partial charge in [-0.05, 0) is 61.7 Å². The molecular weight excluding hydrogens is 404 g/mol. The highest BCUT2D eigenvalue weighted by Gasteiger charge is 2.34. The van der Waals surface area contributed by atoms with Crippen LogP contribution in [0.3, 0.4) is 0 Å². The number of hydroxylamine groups is 1. The molecule has 1 aliphatic rings. The molecule has 0 radical (unpaired) electrons. The number of aromatic nitrogens is 1. The minimum atomic E-state index is -0.441. The summed E-state index contributed by atoms with van der Waals surface area (Å²) in [5, 5.41) is 13.0. The monoisotopic (exact) mass is 432 g/mol. The highest BCUT2D eigenvalue weighted by atomic mass is 16.5. The van der Waals surface area contributed by atoms with Gasteiger partial charge in [0.1, 0.15) is 0 Å². The number of nitrogens with zero attached hydrogens (tertiary/aromatic N) is 2. The minimum absolute atomic E-state index is 0.211. The maximum atomic E-state index is 12.7. The Morgan fingerprint density at radius 1 is 1.12 bits per heavy atom. The Morgan fingerprint density at radius 3 is 2.62 bits per heavy atom. The fourth-order valence-electron chi connectivity index (χ4n) is 4.52. The van der Waals surface area contributed by atoms with Crippen LogP contribution in [0.15, 0.2) is 54.6 Å². The summed E-state index contributed by atoms with van der Waals surface area (Å²) in [5.74, 6) is -1.05. The third-order valence-electron chi connectivity index (χ3n) is 6.19. The van der Waals surface area contributed by atoms with Gasteiger partial charge < -0.3 is 10.2 Å². The summed E-state index contributed by atoms with van der Waals surface area (Å²) in [6.45, 7) is 2.72. The second kappa shape index (κ2) is 9.36. The van der Waals surface area contributed by atoms with Gasteiger partial charge in [0.25, 0.3) is 5.91 Å². The molecule has 3 aromatic rings. The molecule has 2 atom stereocenters. The highest BCUT2D eigenvalue weighted by Crippen LogP contribution is 2.26. The zero-order chi connectivity index (χ0) is 22.7. The molecule has 166 valence electrons. The van der Waals surface area contributed by atoms with E-state index in [2.05, 4.69) is 27.3 Å². The van der Waals surface area contributed by atoms with Gasteiger partial charge in [0.05, 0.1) is 11.4 Å². The number of fused-ring (bicyclic) bond motifs is 1. The van der Waals surface area contributed by atoms with Crippen LogP contribution in [-0.4, -0.2) is 35.1 Å². The van der Waals surface area contributed by atoms with Gasteiger partial charge in [-0.15, -0.1) is 0 Å². The van der Waals surface area contributed by atoms with Crippen molar-refractivity contribution in [1.29, 1.82) is 0 Å². The molecule has 3 N–H and O–H groups in total. The molecule has 1 heterocycles. The van der Waals surface area contributed by atoms with Crippen LogP contribution in [0.1, 0.15) is 40.9 Å². The molecular formula is C25H28N4O3. The van der Waals surface area contributed by atoms with Gasteiger partial charge in [-0.3, -0.25) is 19.8 Å². The number of hydrogen-bond donors (Lipinski definition) is 3. The standard InChI is InChI=1S/C25H28N4O3/c1-16-14-18(20-6-3-4-8-22(20)26-16)15-29(2)19-12-10-17(11-13-19)24(30)27-23-9-5-7-21(23)25(31)28-32/h3-4,6,8,10-14,21,23,32H,5,7,9,15H2,1-2H3,(H,27,30)(H,28,31)/t21-,23+/m0/s1. The third kappa shape index (κ3) is 4.57. The van der Waals surface area contributed by atoms with Crippen LogP contribution in [-0.2, 0) is 11.3 Å². The topological polar surface area (TPSA) is 94.6 Å². The van der Waals surface area contributed by atoms with E-state index in [4.69, 9.17) is 5.21 Å². The number of benzene rings is 2. The Labute approximate surface area is 187 Å². The molecule has 1 aliphatic carbocycles. The number of nitrogens with one attached hydrogen (secondary N) is 2. The van der Waals surface area contributed by atoms with Crippen molar-refractivity contribution in [2.24, 2.45) is 5.92 Å². The molecule has 0 aliphatic heterocycles. The molecule has 0 unspecified atom stereocenters. The normalized spacial score (nSPS) is 17.8. The van der Waals surface area contributed by atoms with Gasteiger partial charge >= 0.3 is 0 Å². The lowest BCUT2D eigenvalue weighted by atomic mass is 10.0. The quantitative estimate of drug-likeness (QED) is 0.409. The van der Waals surface area contributed by atoms with Crippen LogP contribution in [0.4, 0.5) is 5.69 Å². The first kappa shape index (κ1) is 21.8. The number of aryl methyl sites for hydroxylation is 1. The molecule has 4 rings (SSSR count). The fraction of sp³-hybridized carbons (Fsp3) is 0.320. The number of carbonyl (C=O) groups excluding carboxylic acids is 2. The zero-order valence-corrected chi connectivity index (χ0v) is 18.3. The van der Waals surface area contributed by atoms with E-state index < -0.39 is 11.8 Å². The molecule has 32 heavy (non-hydrogen) atoms. The summed E-state index contributed by atoms with van der Waals surface area (Å²) in [6.07, 6.45) is 2.23. The van der Waals surface area contributed by atoms with E-state index in [0.717, 1.165) is 41.7 Å². The van der Waals surface area contributed by atoms with Crippen molar-refractivity contribution >= 4 is 28.4 Å². The summed E-state index contributed by atoms with van der Waals surface area (Å²) in [5.41, 5.74) is 6.42. The van der Waals surface area contributed by atoms with Gasteiger partial charge in [0.2, 0.25) is 5.91 Å². The Bertz CT molecular complexity index is 1130. The van der Waals surface area contributed by atoms with Crippen molar-refractivity contribution in [3.05, 3.63) is 71.4 Å². The average molecular weight is 433 g/mol. The van der Waals surface area contributed by atoms with Gasteiger partial charge in [-0.1, -0.05) is 24.6 Å². The SMILES string of the molecule is Cc1cc(CN(C)c2ccc(C(=O)N[C@@H]3CCC[C@@H]3C(=O)NO)cc2)c2ccccc2n1. The number of rotatable bonds is 6. The summed E-state index contributed by atoms with van der Waals surface area (Å²) < 4.78 is 0. The third-order valence-corrected chi connectivity index (χ3v) is 6.19. The van der Waals surface area contributed by atoms with Crippen LogP contribution < -0.4 is 15.7 Å². The van der Waals surface area contributed by atoms with Crippen LogP contribution >= 0.6 is 0 Å². The van der Waals surface area contributed by atoms with Crippen molar-refractivity contribution < 1.29 is 14.8 Å². The first-order valence-electron chi connectivity index (χ1n) is 10.9. The molecule has 1 saturated carbocycles. The maximum absolute atomic E-state index is 12.7. The number of para-hydroxylation sites is 1. The van der Waals surface area contributed by atoms with Crippen LogP contribution in [0.5, 0.6) is 0 Å². The second-order valence-corrected chi connectivity index (χ2v) is 8.44. The molecule has 0 bridgehead atoms. The Hall–Kier alpha value is -3.45. The number of carbonyl (C=O) groups is 2. The van der Waals surface area contributed by atoms with Crippen molar-refractivity contribution in [1.82, 2.24) is 15.8 Å². The Morgan fingerprint density at radius 2 is 1.88 bits per heavy atom. The van der Waals surface area contributed by atoms with Crippen LogP contribution in [0.25, 0.3) is 10.9 Å². The molecule has 0 saturated heterocycles. The van der Waals surface area contributed by atoms with E-state index in [9.17, 15) is 9.59 Å². The fourth-order valence-corrected chi connectivity index (χ4v) is 4.52. The average Bonchev–Trinajstić information content (AvgIpc) is 3.26. The van der Waals surface area contributed by atoms with E-state index in [0.29, 0.717) is 12.0 Å². The van der Waals surface area contributed by atoms with Crippen molar-refractivity contribution in [3.8, 4) is 0 Å². The summed E-state index contributed by atoms with van der Waals surface area (Å²) in [4.78, 5) is 31.2. The van der Waals surface area contributed by atoms with E-state index in [1.807, 2.05) is 44.3 Å². The second-order valence-electron chi connectivity index (χ2n) is 8.44. The molecule has 1 aromatic heterocycles. The largest absolute Gasteiger partial charge is 0.370 e. The number of amides is 2. The number of hydrogen-bond acceptors (Lipinski definition) is 5. The van der Waals surface area contributed by atoms with Gasteiger partial charge in [-0.2, -0.15) is 0 Å². The Balaban J connectivity index is 1.44. The number of pyridine rings is 1. The van der Waals surface area contributed by atoms with E-state index >= 15 is 0 Å². The van der Waals surface area contributed by atoms with E-state index in [1.54, 1.807) is 17.6 Å². The highest BCUT2D eigenvalue weighted by molar-refractivity contribution is 5.95. The molecule has 0 spiro atoms. The van der Waals surface area contributed by atoms with E-state index in [-0.39, 0.29) is 11.9 Å². The zero-order valence-electron chi connectivity index (χ0n) is 18.3. The molecule has 2 amide bonds. The predicted octanol–water partition coefficient (Wildman–Crippen LogP) is 3.58. The van der Waals surface area contributed by atoms with Crippen LogP contribution in [0, 0.1) is 12.8 Å². The molecule has 2 aromatic carbocycles. The molecule has 7 nitrogen and oxygen atoms in total. The van der Waals surface area contributed by atoms with Gasteiger partial charge in [0.15, 0.2) is 0 Å². The van der Waals surface area contributed by atoms with Crippen molar-refractivity contribution in [2.75, 3.05) is 11.9 Å². The van der Waals surface area contributed by atoms with Gasteiger partial charge in [0, 0.05) is 42.0 Å². The maximum Gasteiger partial charge on any atom is 0.251 e. The van der Waals surface area contributed by atoms with Crippen molar-refractivity contribution in [3.63, 3.8) is 0 Å². The molecule has 1 fully saturated rings. The minimum Gasteiger partial charge on any atom is -0.370 e. The summed E-state index contributed by atoms with van der Waals surface area (Å²) in [6, 6.07) is 17.4. The Kier molecular flexibility index (Phi) is 6.37. The van der Waals surface area contributed by atoms with Crippen molar-refractivity contribution in [2.45, 2.75) is 38.8 Å². The molecule has 7 heteroatoms. The lowest BCUT2D eigenvalue weighted by Crippen LogP contribution is -2.43. The smallest absolute Gasteiger partial charge is 0.251 e. The lowest BCUT2D eigenvalue weighted by molar-refractivity contribution is -0.133. The van der Waals surface area contributed by atoms with Crippen LogP contribution in [0.2, 0.25) is 0 Å². The van der Waals surface area contributed by atoms with Gasteiger partial charge in [-0.25, -0.2) is 5.48 Å². The predicted molar refractivity (Wildman–Crippen MR) is 124 cm³/mol. The summed E-state index contributed by atoms with van der Waals surface area (Å²) >= 11 is 0. The number of anilines is 1. The summed E-state index contributed by atoms with van der Waals surface area (Å²) in [7, 11) is 2.02. The first-order valence-corrected chi connectivity index (χ1v) is 10.9. The van der Waals surface area contributed by atoms with E-state index in [1.165, 1.54) is 5.56 Å². The lowest BCUT2D eigenvalue weighted by Gasteiger charge is -2.22. The first-order chi connectivity index (χ1) is 15.5.